The van der Waals surface area contributed by atoms with Gasteiger partial charge in [0.2, 0.25) is 5.91 Å². The minimum Gasteiger partial charge on any atom is -0.356 e. The predicted octanol–water partition coefficient (Wildman–Crippen LogP) is 3.63. The van der Waals surface area contributed by atoms with Crippen LogP contribution in [-0.2, 0) is 4.79 Å². The lowest BCUT2D eigenvalue weighted by Gasteiger charge is -2.05. The van der Waals surface area contributed by atoms with Crippen LogP contribution in [-0.4, -0.2) is 29.7 Å². The van der Waals surface area contributed by atoms with Gasteiger partial charge < -0.3 is 11.1 Å². The number of nitrogens with one attached hydrogen (secondary N) is 1. The molecule has 4 nitrogen and oxygen atoms in total. The van der Waals surface area contributed by atoms with Crippen molar-refractivity contribution in [3.05, 3.63) is 24.4 Å². The molecule has 1 rings (SSSR count). The zero-order valence-electron chi connectivity index (χ0n) is 13.1. The number of pyridine rings is 1. The second-order valence-electron chi connectivity index (χ2n) is 5.08. The third-order valence-corrected chi connectivity index (χ3v) is 5.47. The molecule has 124 valence electrons. The first-order valence-corrected chi connectivity index (χ1v) is 10.3. The highest BCUT2D eigenvalue weighted by molar-refractivity contribution is 8.76. The predicted molar refractivity (Wildman–Crippen MR) is 96.9 cm³/mol. The molecule has 0 atom stereocenters. The molecule has 0 aliphatic heterocycles. The van der Waals surface area contributed by atoms with E-state index in [2.05, 4.69) is 10.3 Å². The number of amides is 1. The van der Waals surface area contributed by atoms with Crippen molar-refractivity contribution in [2.45, 2.75) is 50.0 Å². The fourth-order valence-electron chi connectivity index (χ4n) is 1.88. The Kier molecular flexibility index (Phi) is 12.2. The van der Waals surface area contributed by atoms with Gasteiger partial charge in [-0.25, -0.2) is 4.98 Å². The summed E-state index contributed by atoms with van der Waals surface area (Å²) in [6.07, 6.45) is 8.87. The summed E-state index contributed by atoms with van der Waals surface area (Å²) >= 11 is 0. The Balaban J connectivity index is 1.85. The smallest absolute Gasteiger partial charge is 0.219 e. The Morgan fingerprint density at radius 3 is 2.77 bits per heavy atom. The van der Waals surface area contributed by atoms with Gasteiger partial charge >= 0.3 is 0 Å². The maximum atomic E-state index is 11.6. The fourth-order valence-corrected chi connectivity index (χ4v) is 3.91. The second-order valence-corrected chi connectivity index (χ2v) is 7.52. The Labute approximate surface area is 141 Å². The van der Waals surface area contributed by atoms with Crippen LogP contribution in [0.15, 0.2) is 29.4 Å². The molecule has 6 heteroatoms. The summed E-state index contributed by atoms with van der Waals surface area (Å²) in [6, 6.07) is 5.96. The van der Waals surface area contributed by atoms with Crippen LogP contribution in [0.1, 0.15) is 44.9 Å². The summed E-state index contributed by atoms with van der Waals surface area (Å²) in [5, 5.41) is 4.02. The maximum Gasteiger partial charge on any atom is 0.219 e. The molecule has 1 aromatic heterocycles. The zero-order chi connectivity index (χ0) is 15.9. The van der Waals surface area contributed by atoms with Gasteiger partial charge in [-0.2, -0.15) is 0 Å². The van der Waals surface area contributed by atoms with E-state index in [1.807, 2.05) is 35.2 Å². The van der Waals surface area contributed by atoms with Gasteiger partial charge in [0, 0.05) is 24.9 Å². The topological polar surface area (TPSA) is 68.0 Å². The van der Waals surface area contributed by atoms with Crippen molar-refractivity contribution in [2.24, 2.45) is 5.73 Å². The summed E-state index contributed by atoms with van der Waals surface area (Å²) < 4.78 is 0. The zero-order valence-corrected chi connectivity index (χ0v) is 14.8. The SMILES string of the molecule is NCCCCCNC(=O)CCCCCSSc1ccccn1. The third kappa shape index (κ3) is 10.9. The minimum atomic E-state index is 0.184. The van der Waals surface area contributed by atoms with Crippen LogP contribution in [0.2, 0.25) is 0 Å². The van der Waals surface area contributed by atoms with Crippen molar-refractivity contribution in [3.8, 4) is 0 Å². The maximum absolute atomic E-state index is 11.6. The molecule has 3 N–H and O–H groups in total. The number of nitrogens with two attached hydrogens (primary N) is 1. The van der Waals surface area contributed by atoms with Gasteiger partial charge in [-0.1, -0.05) is 29.7 Å². The number of aromatic nitrogens is 1. The monoisotopic (exact) mass is 341 g/mol. The average Bonchev–Trinajstić information content (AvgIpc) is 2.55. The molecular weight excluding hydrogens is 314 g/mol. The molecule has 1 amide bonds. The molecule has 22 heavy (non-hydrogen) atoms. The molecule has 1 aromatic rings. The van der Waals surface area contributed by atoms with Gasteiger partial charge in [0.25, 0.3) is 0 Å². The average molecular weight is 342 g/mol. The van der Waals surface area contributed by atoms with Crippen LogP contribution >= 0.6 is 21.6 Å². The summed E-state index contributed by atoms with van der Waals surface area (Å²) in [7, 11) is 3.55. The number of hydrogen-bond donors (Lipinski definition) is 2. The molecule has 1 heterocycles. The van der Waals surface area contributed by atoms with E-state index in [1.165, 1.54) is 0 Å². The number of unbranched alkanes of at least 4 members (excludes halogenated alkanes) is 4. The van der Waals surface area contributed by atoms with Crippen molar-refractivity contribution in [2.75, 3.05) is 18.8 Å². The van der Waals surface area contributed by atoms with Gasteiger partial charge in [0.15, 0.2) is 0 Å². The first kappa shape index (κ1) is 19.3. The van der Waals surface area contributed by atoms with Crippen molar-refractivity contribution < 1.29 is 4.79 Å². The molecule has 0 saturated heterocycles. The summed E-state index contributed by atoms with van der Waals surface area (Å²) in [6.45, 7) is 1.53. The number of carbonyl (C=O) groups is 1. The van der Waals surface area contributed by atoms with E-state index in [0.29, 0.717) is 6.42 Å². The molecule has 0 unspecified atom stereocenters. The first-order valence-electron chi connectivity index (χ1n) is 8.00. The van der Waals surface area contributed by atoms with E-state index in [1.54, 1.807) is 10.8 Å². The Bertz CT molecular complexity index is 390. The molecule has 0 spiro atoms. The Morgan fingerprint density at radius 2 is 2.00 bits per heavy atom. The molecule has 0 aliphatic carbocycles. The van der Waals surface area contributed by atoms with Crippen LogP contribution in [0.5, 0.6) is 0 Å². The van der Waals surface area contributed by atoms with E-state index < -0.39 is 0 Å². The minimum absolute atomic E-state index is 0.184. The molecule has 0 fully saturated rings. The molecule has 0 bridgehead atoms. The van der Waals surface area contributed by atoms with Gasteiger partial charge in [-0.15, -0.1) is 0 Å². The molecular formula is C16H27N3OS2. The molecule has 0 saturated carbocycles. The molecule has 0 aromatic carbocycles. The van der Waals surface area contributed by atoms with Crippen LogP contribution in [0.25, 0.3) is 0 Å². The van der Waals surface area contributed by atoms with Crippen molar-refractivity contribution >= 4 is 27.5 Å². The Morgan fingerprint density at radius 1 is 1.14 bits per heavy atom. The van der Waals surface area contributed by atoms with Crippen LogP contribution in [0.4, 0.5) is 0 Å². The van der Waals surface area contributed by atoms with E-state index in [4.69, 9.17) is 5.73 Å². The number of hydrogen-bond acceptors (Lipinski definition) is 5. The lowest BCUT2D eigenvalue weighted by Crippen LogP contribution is -2.24. The Hall–Kier alpha value is -0.720. The van der Waals surface area contributed by atoms with E-state index in [0.717, 1.165) is 62.4 Å². The molecule has 0 aliphatic rings. The quantitative estimate of drug-likeness (QED) is 0.423. The van der Waals surface area contributed by atoms with Crippen LogP contribution < -0.4 is 11.1 Å². The number of carbonyl (C=O) groups excluding carboxylic acids is 1. The van der Waals surface area contributed by atoms with Gasteiger partial charge in [-0.3, -0.25) is 4.79 Å². The highest BCUT2D eigenvalue weighted by Gasteiger charge is 2.01. The van der Waals surface area contributed by atoms with Gasteiger partial charge in [0.1, 0.15) is 5.03 Å². The highest BCUT2D eigenvalue weighted by Crippen LogP contribution is 2.29. The van der Waals surface area contributed by atoms with E-state index >= 15 is 0 Å². The normalized spacial score (nSPS) is 10.6. The van der Waals surface area contributed by atoms with E-state index in [-0.39, 0.29) is 5.91 Å². The lowest BCUT2D eigenvalue weighted by atomic mass is 10.2. The summed E-state index contributed by atoms with van der Waals surface area (Å²) in [4.78, 5) is 15.9. The van der Waals surface area contributed by atoms with Crippen LogP contribution in [0.3, 0.4) is 0 Å². The number of nitrogens with zero attached hydrogens (tertiary/aromatic N) is 1. The van der Waals surface area contributed by atoms with Crippen molar-refractivity contribution in [3.63, 3.8) is 0 Å². The van der Waals surface area contributed by atoms with Crippen molar-refractivity contribution in [1.29, 1.82) is 0 Å². The largest absolute Gasteiger partial charge is 0.356 e. The second kappa shape index (κ2) is 13.9. The highest BCUT2D eigenvalue weighted by atomic mass is 33.1. The van der Waals surface area contributed by atoms with Gasteiger partial charge in [0.05, 0.1) is 0 Å². The summed E-state index contributed by atoms with van der Waals surface area (Å²) in [5.74, 6) is 1.28. The first-order chi connectivity index (χ1) is 10.8. The van der Waals surface area contributed by atoms with Crippen LogP contribution in [0, 0.1) is 0 Å². The van der Waals surface area contributed by atoms with Crippen molar-refractivity contribution in [1.82, 2.24) is 10.3 Å². The van der Waals surface area contributed by atoms with E-state index in [9.17, 15) is 4.79 Å². The van der Waals surface area contributed by atoms with Gasteiger partial charge in [-0.05, 0) is 55.2 Å². The fraction of sp³-hybridized carbons (Fsp3) is 0.625. The lowest BCUT2D eigenvalue weighted by molar-refractivity contribution is -0.121. The number of rotatable bonds is 13. The third-order valence-electron chi connectivity index (χ3n) is 3.12. The molecule has 0 radical (unpaired) electrons. The summed E-state index contributed by atoms with van der Waals surface area (Å²) in [5.41, 5.74) is 5.43. The standard InChI is InChI=1S/C16H27N3OS2/c17-11-5-2-6-12-18-15(20)9-3-1-8-14-21-22-16-10-4-7-13-19-16/h4,7,10,13H,1-3,5-6,8-9,11-12,14,17H2,(H,18,20).